The molecule has 1 amide bonds. The number of carbonyl (C=O) groups is 1. The fraction of sp³-hybridized carbons (Fsp3) is 0.552. The zero-order valence-corrected chi connectivity index (χ0v) is 21.5. The number of benzene rings is 2. The molecule has 2 aromatic carbocycles. The molecule has 0 saturated carbocycles. The van der Waals surface area contributed by atoms with Gasteiger partial charge in [0.15, 0.2) is 0 Å². The van der Waals surface area contributed by atoms with E-state index in [2.05, 4.69) is 28.9 Å². The van der Waals surface area contributed by atoms with Gasteiger partial charge in [-0.2, -0.15) is 0 Å². The number of rotatable bonds is 8. The zero-order chi connectivity index (χ0) is 24.8. The summed E-state index contributed by atoms with van der Waals surface area (Å²) in [5.41, 5.74) is 1.81. The van der Waals surface area contributed by atoms with Gasteiger partial charge in [-0.25, -0.2) is 4.39 Å². The second kappa shape index (κ2) is 11.5. The third kappa shape index (κ3) is 7.28. The van der Waals surface area contributed by atoms with Crippen LogP contribution in [0.1, 0.15) is 44.0 Å². The Morgan fingerprint density at radius 2 is 1.46 bits per heavy atom. The number of piperidine rings is 1. The Morgan fingerprint density at radius 3 is 2.00 bits per heavy atom. The van der Waals surface area contributed by atoms with Crippen molar-refractivity contribution >= 4 is 5.91 Å². The van der Waals surface area contributed by atoms with Crippen LogP contribution >= 0.6 is 0 Å². The molecule has 2 aliphatic heterocycles. The molecule has 0 aliphatic carbocycles. The minimum atomic E-state index is -1.13. The standard InChI is InChI=1S/C29H40FN3O2/c1-4-31-17-19-33(20-18-31)28(34)26-7-5-24(6-8-26)25-9-11-27(12-10-25)35-21-23-13-15-32(16-14-23)22-29(2,3)30/h5-12,23H,4,13-22H2,1-3H3. The first kappa shape index (κ1) is 25.6. The predicted molar refractivity (Wildman–Crippen MR) is 140 cm³/mol. The van der Waals surface area contributed by atoms with E-state index in [4.69, 9.17) is 4.74 Å². The van der Waals surface area contributed by atoms with Gasteiger partial charge in [0, 0.05) is 38.3 Å². The van der Waals surface area contributed by atoms with E-state index in [9.17, 15) is 9.18 Å². The molecule has 0 N–H and O–H groups in total. The van der Waals surface area contributed by atoms with Gasteiger partial charge in [0.2, 0.25) is 0 Å². The molecule has 2 fully saturated rings. The lowest BCUT2D eigenvalue weighted by molar-refractivity contribution is 0.0643. The largest absolute Gasteiger partial charge is 0.493 e. The first-order chi connectivity index (χ1) is 16.8. The second-order valence-electron chi connectivity index (χ2n) is 10.6. The first-order valence-electron chi connectivity index (χ1n) is 13.1. The minimum absolute atomic E-state index is 0.121. The Hall–Kier alpha value is -2.44. The number of likely N-dealkylation sites (N-methyl/N-ethyl adjacent to an activating group) is 1. The number of halogens is 1. The Labute approximate surface area is 209 Å². The van der Waals surface area contributed by atoms with Gasteiger partial charge in [0.1, 0.15) is 11.4 Å². The molecule has 0 aromatic heterocycles. The van der Waals surface area contributed by atoms with E-state index in [-0.39, 0.29) is 5.91 Å². The molecule has 0 radical (unpaired) electrons. The molecule has 0 atom stereocenters. The summed E-state index contributed by atoms with van der Waals surface area (Å²) in [7, 11) is 0. The summed E-state index contributed by atoms with van der Waals surface area (Å²) < 4.78 is 19.9. The van der Waals surface area contributed by atoms with Crippen LogP contribution in [0, 0.1) is 5.92 Å². The van der Waals surface area contributed by atoms with Crippen LogP contribution in [-0.2, 0) is 0 Å². The molecule has 6 heteroatoms. The number of hydrogen-bond acceptors (Lipinski definition) is 4. The lowest BCUT2D eigenvalue weighted by Crippen LogP contribution is -2.48. The Morgan fingerprint density at radius 1 is 0.886 bits per heavy atom. The SMILES string of the molecule is CCN1CCN(C(=O)c2ccc(-c3ccc(OCC4CCN(CC(C)(C)F)CC4)cc3)cc2)CC1. The van der Waals surface area contributed by atoms with Crippen LogP contribution in [0.4, 0.5) is 4.39 Å². The predicted octanol–water partition coefficient (Wildman–Crippen LogP) is 4.97. The van der Waals surface area contributed by atoms with Crippen LogP contribution in [0.2, 0.25) is 0 Å². The van der Waals surface area contributed by atoms with Gasteiger partial charge in [-0.3, -0.25) is 4.79 Å². The van der Waals surface area contributed by atoms with Crippen LogP contribution in [0.3, 0.4) is 0 Å². The molecule has 0 bridgehead atoms. The average molecular weight is 482 g/mol. The summed E-state index contributed by atoms with van der Waals surface area (Å²) in [5.74, 6) is 1.51. The van der Waals surface area contributed by atoms with Crippen LogP contribution < -0.4 is 4.74 Å². The third-order valence-electron chi connectivity index (χ3n) is 7.22. The van der Waals surface area contributed by atoms with E-state index in [1.54, 1.807) is 13.8 Å². The van der Waals surface area contributed by atoms with Crippen molar-refractivity contribution in [3.63, 3.8) is 0 Å². The molecule has 2 saturated heterocycles. The summed E-state index contributed by atoms with van der Waals surface area (Å²) in [6.07, 6.45) is 2.10. The van der Waals surface area contributed by atoms with Crippen molar-refractivity contribution in [2.24, 2.45) is 5.92 Å². The fourth-order valence-corrected chi connectivity index (χ4v) is 5.06. The minimum Gasteiger partial charge on any atom is -0.493 e. The van der Waals surface area contributed by atoms with Crippen LogP contribution in [0.5, 0.6) is 5.75 Å². The van der Waals surface area contributed by atoms with Gasteiger partial charge in [0.05, 0.1) is 6.61 Å². The molecule has 2 heterocycles. The zero-order valence-electron chi connectivity index (χ0n) is 21.5. The van der Waals surface area contributed by atoms with Gasteiger partial charge >= 0.3 is 0 Å². The number of alkyl halides is 1. The molecular formula is C29H40FN3O2. The van der Waals surface area contributed by atoms with E-state index >= 15 is 0 Å². The number of piperazine rings is 1. The van der Waals surface area contributed by atoms with Crippen molar-refractivity contribution in [3.8, 4) is 16.9 Å². The van der Waals surface area contributed by atoms with E-state index in [0.717, 1.165) is 81.1 Å². The maximum absolute atomic E-state index is 13.9. The molecule has 0 unspecified atom stereocenters. The van der Waals surface area contributed by atoms with Gasteiger partial charge < -0.3 is 19.4 Å². The summed E-state index contributed by atoms with van der Waals surface area (Å²) in [6, 6.07) is 16.1. The highest BCUT2D eigenvalue weighted by atomic mass is 19.1. The van der Waals surface area contributed by atoms with E-state index in [0.29, 0.717) is 19.1 Å². The van der Waals surface area contributed by atoms with E-state index in [1.165, 1.54) is 0 Å². The quantitative estimate of drug-likeness (QED) is 0.533. The molecule has 2 aromatic rings. The summed E-state index contributed by atoms with van der Waals surface area (Å²) in [5, 5.41) is 0. The number of nitrogens with zero attached hydrogens (tertiary/aromatic N) is 3. The first-order valence-corrected chi connectivity index (χ1v) is 13.1. The van der Waals surface area contributed by atoms with Crippen molar-refractivity contribution in [2.45, 2.75) is 39.3 Å². The van der Waals surface area contributed by atoms with E-state index < -0.39 is 5.67 Å². The lowest BCUT2D eigenvalue weighted by Gasteiger charge is -2.34. The van der Waals surface area contributed by atoms with Crippen LogP contribution in [0.15, 0.2) is 48.5 Å². The molecule has 0 spiro atoms. The number of ether oxygens (including phenoxy) is 1. The maximum atomic E-state index is 13.9. The number of likely N-dealkylation sites (tertiary alicyclic amines) is 1. The highest BCUT2D eigenvalue weighted by molar-refractivity contribution is 5.94. The average Bonchev–Trinajstić information content (AvgIpc) is 2.87. The summed E-state index contributed by atoms with van der Waals surface area (Å²) in [4.78, 5) is 19.4. The van der Waals surface area contributed by atoms with Gasteiger partial charge in [-0.15, -0.1) is 0 Å². The van der Waals surface area contributed by atoms with E-state index in [1.807, 2.05) is 41.3 Å². The highest BCUT2D eigenvalue weighted by Gasteiger charge is 2.25. The molecule has 190 valence electrons. The van der Waals surface area contributed by atoms with Crippen molar-refractivity contribution in [2.75, 3.05) is 59.0 Å². The van der Waals surface area contributed by atoms with Crippen molar-refractivity contribution in [3.05, 3.63) is 54.1 Å². The number of amides is 1. The highest BCUT2D eigenvalue weighted by Crippen LogP contribution is 2.25. The van der Waals surface area contributed by atoms with Gasteiger partial charge in [-0.05, 0) is 87.6 Å². The van der Waals surface area contributed by atoms with Gasteiger partial charge in [0.25, 0.3) is 5.91 Å². The number of hydrogen-bond donors (Lipinski definition) is 0. The second-order valence-corrected chi connectivity index (χ2v) is 10.6. The topological polar surface area (TPSA) is 36.0 Å². The third-order valence-corrected chi connectivity index (χ3v) is 7.22. The molecule has 4 rings (SSSR count). The Bertz CT molecular complexity index is 939. The fourth-order valence-electron chi connectivity index (χ4n) is 5.06. The summed E-state index contributed by atoms with van der Waals surface area (Å²) >= 11 is 0. The van der Waals surface area contributed by atoms with Crippen LogP contribution in [0.25, 0.3) is 11.1 Å². The van der Waals surface area contributed by atoms with Crippen molar-refractivity contribution in [1.82, 2.24) is 14.7 Å². The molecule has 5 nitrogen and oxygen atoms in total. The molecular weight excluding hydrogens is 441 g/mol. The molecule has 35 heavy (non-hydrogen) atoms. The smallest absolute Gasteiger partial charge is 0.253 e. The Balaban J connectivity index is 1.25. The molecule has 2 aliphatic rings. The Kier molecular flexibility index (Phi) is 8.45. The van der Waals surface area contributed by atoms with Crippen molar-refractivity contribution < 1.29 is 13.9 Å². The maximum Gasteiger partial charge on any atom is 0.253 e. The van der Waals surface area contributed by atoms with Gasteiger partial charge in [-0.1, -0.05) is 31.2 Å². The summed E-state index contributed by atoms with van der Waals surface area (Å²) in [6.45, 7) is 13.1. The normalized spacial score (nSPS) is 18.6. The number of carbonyl (C=O) groups excluding carboxylic acids is 1. The van der Waals surface area contributed by atoms with Crippen LogP contribution in [-0.4, -0.2) is 85.2 Å². The monoisotopic (exact) mass is 481 g/mol. The van der Waals surface area contributed by atoms with Crippen molar-refractivity contribution in [1.29, 1.82) is 0 Å². The lowest BCUT2D eigenvalue weighted by atomic mass is 9.97.